The van der Waals surface area contributed by atoms with E-state index >= 15 is 0 Å². The zero-order valence-electron chi connectivity index (χ0n) is 17.4. The van der Waals surface area contributed by atoms with Gasteiger partial charge in [-0.3, -0.25) is 4.98 Å². The minimum atomic E-state index is -0.00325. The summed E-state index contributed by atoms with van der Waals surface area (Å²) in [6.07, 6.45) is 6.23. The molecule has 29 heavy (non-hydrogen) atoms. The van der Waals surface area contributed by atoms with E-state index in [0.29, 0.717) is 12.0 Å². The predicted octanol–water partition coefficient (Wildman–Crippen LogP) is 5.76. The number of benzene rings is 1. The zero-order chi connectivity index (χ0) is 20.5. The first kappa shape index (κ1) is 19.6. The fourth-order valence-corrected chi connectivity index (χ4v) is 4.26. The molecule has 150 valence electrons. The van der Waals surface area contributed by atoms with Gasteiger partial charge in [0.1, 0.15) is 0 Å². The predicted molar refractivity (Wildman–Crippen MR) is 123 cm³/mol. The van der Waals surface area contributed by atoms with Gasteiger partial charge in [-0.1, -0.05) is 32.0 Å². The average molecular weight is 405 g/mol. The number of rotatable bonds is 5. The summed E-state index contributed by atoms with van der Waals surface area (Å²) in [6, 6.07) is 17.5. The van der Waals surface area contributed by atoms with Crippen molar-refractivity contribution in [2.45, 2.75) is 51.7 Å². The SMILES string of the molecule is CC(C)c1ccc(N2C(=S)NC(c3ccccn3)C2c2ccn(C(C)C)c2)cc1. The van der Waals surface area contributed by atoms with Crippen LogP contribution in [0.25, 0.3) is 0 Å². The molecule has 0 bridgehead atoms. The Morgan fingerprint density at radius 3 is 2.34 bits per heavy atom. The number of nitrogens with zero attached hydrogens (tertiary/aromatic N) is 3. The molecule has 0 amide bonds. The average Bonchev–Trinajstić information content (AvgIpc) is 3.33. The Labute approximate surface area is 178 Å². The number of hydrogen-bond acceptors (Lipinski definition) is 2. The Morgan fingerprint density at radius 2 is 1.76 bits per heavy atom. The molecule has 1 aliphatic heterocycles. The molecule has 2 atom stereocenters. The van der Waals surface area contributed by atoms with Gasteiger partial charge in [-0.15, -0.1) is 0 Å². The highest BCUT2D eigenvalue weighted by Crippen LogP contribution is 2.41. The molecule has 0 spiro atoms. The van der Waals surface area contributed by atoms with E-state index in [2.05, 4.69) is 96.3 Å². The van der Waals surface area contributed by atoms with Crippen molar-refractivity contribution in [1.82, 2.24) is 14.9 Å². The molecule has 3 aromatic rings. The van der Waals surface area contributed by atoms with E-state index in [4.69, 9.17) is 12.2 Å². The number of aromatic nitrogens is 2. The topological polar surface area (TPSA) is 33.1 Å². The molecule has 3 heterocycles. The van der Waals surface area contributed by atoms with Crippen LogP contribution in [0.15, 0.2) is 67.1 Å². The molecule has 1 N–H and O–H groups in total. The summed E-state index contributed by atoms with van der Waals surface area (Å²) in [4.78, 5) is 6.86. The maximum atomic E-state index is 5.80. The summed E-state index contributed by atoms with van der Waals surface area (Å²) in [7, 11) is 0. The van der Waals surface area contributed by atoms with Crippen molar-refractivity contribution < 1.29 is 0 Å². The largest absolute Gasteiger partial charge is 0.351 e. The monoisotopic (exact) mass is 404 g/mol. The highest BCUT2D eigenvalue weighted by atomic mass is 32.1. The molecule has 1 aliphatic rings. The summed E-state index contributed by atoms with van der Waals surface area (Å²) < 4.78 is 2.24. The van der Waals surface area contributed by atoms with E-state index in [1.54, 1.807) is 0 Å². The lowest BCUT2D eigenvalue weighted by molar-refractivity contribution is 0.560. The van der Waals surface area contributed by atoms with Crippen molar-refractivity contribution in [2.24, 2.45) is 0 Å². The van der Waals surface area contributed by atoms with Crippen molar-refractivity contribution in [3.8, 4) is 0 Å². The molecule has 1 fully saturated rings. The van der Waals surface area contributed by atoms with Gasteiger partial charge in [0.05, 0.1) is 17.8 Å². The summed E-state index contributed by atoms with van der Waals surface area (Å²) in [5.41, 5.74) is 4.66. The Morgan fingerprint density at radius 1 is 1.00 bits per heavy atom. The van der Waals surface area contributed by atoms with E-state index in [1.165, 1.54) is 11.1 Å². The maximum absolute atomic E-state index is 5.80. The Balaban J connectivity index is 1.78. The van der Waals surface area contributed by atoms with E-state index in [-0.39, 0.29) is 12.1 Å². The summed E-state index contributed by atoms with van der Waals surface area (Å²) in [6.45, 7) is 8.82. The number of pyridine rings is 1. The van der Waals surface area contributed by atoms with E-state index < -0.39 is 0 Å². The minimum absolute atomic E-state index is 0.00325. The van der Waals surface area contributed by atoms with Crippen LogP contribution in [0, 0.1) is 0 Å². The highest BCUT2D eigenvalue weighted by Gasteiger charge is 2.41. The number of thiocarbonyl (C=S) groups is 1. The van der Waals surface area contributed by atoms with Crippen LogP contribution in [0.5, 0.6) is 0 Å². The number of hydrogen-bond donors (Lipinski definition) is 1. The normalized spacial score (nSPS) is 19.2. The van der Waals surface area contributed by atoms with E-state index in [1.807, 2.05) is 18.3 Å². The second-order valence-electron chi connectivity index (χ2n) is 8.23. The van der Waals surface area contributed by atoms with Crippen LogP contribution in [0.4, 0.5) is 5.69 Å². The van der Waals surface area contributed by atoms with Crippen LogP contribution < -0.4 is 10.2 Å². The molecule has 5 heteroatoms. The van der Waals surface area contributed by atoms with Gasteiger partial charge in [0, 0.05) is 30.3 Å². The second-order valence-corrected chi connectivity index (χ2v) is 8.62. The van der Waals surface area contributed by atoms with Crippen LogP contribution in [-0.2, 0) is 0 Å². The van der Waals surface area contributed by atoms with Crippen LogP contribution in [-0.4, -0.2) is 14.7 Å². The first-order chi connectivity index (χ1) is 14.0. The molecule has 4 rings (SSSR count). The molecule has 0 radical (unpaired) electrons. The molecule has 1 saturated heterocycles. The van der Waals surface area contributed by atoms with Gasteiger partial charge in [0.25, 0.3) is 0 Å². The fourth-order valence-electron chi connectivity index (χ4n) is 3.92. The molecule has 0 saturated carbocycles. The standard InChI is InChI=1S/C24H28N4S/c1-16(2)18-8-10-20(11-9-18)28-23(19-12-14-27(15-19)17(3)4)22(26-24(28)29)21-7-5-6-13-25-21/h5-17,22-23H,1-4H3,(H,26,29). The third-order valence-corrected chi connectivity index (χ3v) is 5.93. The smallest absolute Gasteiger partial charge is 0.174 e. The molecule has 2 aromatic heterocycles. The lowest BCUT2D eigenvalue weighted by Gasteiger charge is -2.27. The Bertz CT molecular complexity index is 976. The molecular formula is C24H28N4S. The highest BCUT2D eigenvalue weighted by molar-refractivity contribution is 7.80. The quantitative estimate of drug-likeness (QED) is 0.548. The maximum Gasteiger partial charge on any atom is 0.174 e. The van der Waals surface area contributed by atoms with Gasteiger partial charge in [-0.25, -0.2) is 0 Å². The molecule has 0 aliphatic carbocycles. The van der Waals surface area contributed by atoms with Crippen LogP contribution in [0.1, 0.15) is 68.6 Å². The van der Waals surface area contributed by atoms with Crippen molar-refractivity contribution in [2.75, 3.05) is 4.90 Å². The third-order valence-electron chi connectivity index (χ3n) is 5.61. The van der Waals surface area contributed by atoms with Crippen molar-refractivity contribution in [1.29, 1.82) is 0 Å². The number of nitrogens with one attached hydrogen (secondary N) is 1. The van der Waals surface area contributed by atoms with Crippen molar-refractivity contribution >= 4 is 23.0 Å². The van der Waals surface area contributed by atoms with E-state index in [0.717, 1.165) is 16.5 Å². The first-order valence-electron chi connectivity index (χ1n) is 10.2. The lowest BCUT2D eigenvalue weighted by atomic mass is 9.98. The fraction of sp³-hybridized carbons (Fsp3) is 0.333. The Kier molecular flexibility index (Phi) is 5.41. The molecule has 2 unspecified atom stereocenters. The molecule has 4 nitrogen and oxygen atoms in total. The Hall–Kier alpha value is -2.66. The summed E-state index contributed by atoms with van der Waals surface area (Å²) in [5.74, 6) is 0.504. The summed E-state index contributed by atoms with van der Waals surface area (Å²) in [5, 5.41) is 4.27. The van der Waals surface area contributed by atoms with Crippen LogP contribution >= 0.6 is 12.2 Å². The molecule has 1 aromatic carbocycles. The van der Waals surface area contributed by atoms with Crippen molar-refractivity contribution in [3.63, 3.8) is 0 Å². The summed E-state index contributed by atoms with van der Waals surface area (Å²) >= 11 is 5.80. The first-order valence-corrected chi connectivity index (χ1v) is 10.6. The van der Waals surface area contributed by atoms with Crippen molar-refractivity contribution in [3.05, 3.63) is 83.9 Å². The zero-order valence-corrected chi connectivity index (χ0v) is 18.2. The van der Waals surface area contributed by atoms with Gasteiger partial charge in [0.15, 0.2) is 5.11 Å². The number of anilines is 1. The van der Waals surface area contributed by atoms with Gasteiger partial charge in [0.2, 0.25) is 0 Å². The van der Waals surface area contributed by atoms with Gasteiger partial charge in [-0.05, 0) is 73.4 Å². The van der Waals surface area contributed by atoms with Crippen LogP contribution in [0.2, 0.25) is 0 Å². The van der Waals surface area contributed by atoms with Gasteiger partial charge < -0.3 is 14.8 Å². The third kappa shape index (κ3) is 3.79. The molecular weight excluding hydrogens is 376 g/mol. The second kappa shape index (κ2) is 7.99. The van der Waals surface area contributed by atoms with E-state index in [9.17, 15) is 0 Å². The van der Waals surface area contributed by atoms with Gasteiger partial charge >= 0.3 is 0 Å². The van der Waals surface area contributed by atoms with Gasteiger partial charge in [-0.2, -0.15) is 0 Å². The lowest BCUT2D eigenvalue weighted by Crippen LogP contribution is -2.29. The minimum Gasteiger partial charge on any atom is -0.351 e. The van der Waals surface area contributed by atoms with Crippen LogP contribution in [0.3, 0.4) is 0 Å².